The highest BCUT2D eigenvalue weighted by atomic mass is 16.5. The summed E-state index contributed by atoms with van der Waals surface area (Å²) in [5.41, 5.74) is -2.64. The van der Waals surface area contributed by atoms with Crippen molar-refractivity contribution in [1.29, 1.82) is 0 Å². The number of allylic oxidation sites excluding steroid dienone is 1. The fourth-order valence-corrected chi connectivity index (χ4v) is 3.84. The van der Waals surface area contributed by atoms with E-state index in [1.54, 1.807) is 6.92 Å². The molecule has 4 unspecified atom stereocenters. The van der Waals surface area contributed by atoms with E-state index in [9.17, 15) is 34.2 Å². The molecule has 1 saturated carbocycles. The van der Waals surface area contributed by atoms with E-state index in [0.29, 0.717) is 23.8 Å². The highest BCUT2D eigenvalue weighted by molar-refractivity contribution is 5.82. The summed E-state index contributed by atoms with van der Waals surface area (Å²) in [6, 6.07) is 0. The zero-order valence-corrected chi connectivity index (χ0v) is 19.6. The third-order valence-corrected chi connectivity index (χ3v) is 5.88. The molecular formula is C22H33N3O9. The molecule has 0 bridgehead atoms. The van der Waals surface area contributed by atoms with Gasteiger partial charge in [-0.3, -0.25) is 9.59 Å². The molecule has 0 amide bonds. The quantitative estimate of drug-likeness (QED) is 0.295. The molecule has 12 heteroatoms. The van der Waals surface area contributed by atoms with Crippen molar-refractivity contribution in [3.05, 3.63) is 44.1 Å². The zero-order chi connectivity index (χ0) is 25.4. The van der Waals surface area contributed by atoms with Crippen LogP contribution in [0.5, 0.6) is 0 Å². The number of aliphatic hydroxyl groups is 2. The Labute approximate surface area is 196 Å². The van der Waals surface area contributed by atoms with Crippen LogP contribution in [0.2, 0.25) is 0 Å². The van der Waals surface area contributed by atoms with Gasteiger partial charge in [0.05, 0.1) is 31.0 Å². The molecule has 0 aliphatic heterocycles. The van der Waals surface area contributed by atoms with E-state index in [-0.39, 0.29) is 13.2 Å². The minimum absolute atomic E-state index is 0.120. The smallest absolute Gasteiger partial charge is 0.336 e. The van der Waals surface area contributed by atoms with Gasteiger partial charge in [0.15, 0.2) is 0 Å². The van der Waals surface area contributed by atoms with E-state index in [1.165, 1.54) is 13.1 Å². The molecule has 0 spiro atoms. The molecule has 34 heavy (non-hydrogen) atoms. The Morgan fingerprint density at radius 1 is 0.971 bits per heavy atom. The lowest BCUT2D eigenvalue weighted by atomic mass is 9.79. The highest BCUT2D eigenvalue weighted by Crippen LogP contribution is 2.32. The molecular weight excluding hydrogens is 450 g/mol. The van der Waals surface area contributed by atoms with Gasteiger partial charge in [-0.05, 0) is 19.3 Å². The minimum atomic E-state index is -1.40. The van der Waals surface area contributed by atoms with Gasteiger partial charge in [0.1, 0.15) is 19.3 Å². The first kappa shape index (κ1) is 27.3. The topological polar surface area (TPSA) is 159 Å². The minimum Gasteiger partial charge on any atom is -0.463 e. The molecule has 1 fully saturated rings. The predicted octanol–water partition coefficient (Wildman–Crippen LogP) is -1.08. The number of rotatable bonds is 11. The second kappa shape index (κ2) is 12.5. The first-order valence-electron chi connectivity index (χ1n) is 11.3. The normalized spacial score (nSPS) is 19.8. The van der Waals surface area contributed by atoms with Gasteiger partial charge in [-0.15, -0.1) is 6.58 Å². The Bertz CT molecular complexity index is 1060. The average Bonchev–Trinajstić information content (AvgIpc) is 2.84. The summed E-state index contributed by atoms with van der Waals surface area (Å²) < 4.78 is 12.6. The zero-order valence-electron chi connectivity index (χ0n) is 19.6. The van der Waals surface area contributed by atoms with Crippen LogP contribution < -0.4 is 17.1 Å². The van der Waals surface area contributed by atoms with Gasteiger partial charge in [0, 0.05) is 7.05 Å². The molecule has 12 nitrogen and oxygen atoms in total. The molecule has 0 aromatic carbocycles. The average molecular weight is 484 g/mol. The third-order valence-electron chi connectivity index (χ3n) is 5.88. The molecule has 2 N–H and O–H groups in total. The van der Waals surface area contributed by atoms with Crippen molar-refractivity contribution in [3.8, 4) is 0 Å². The Hall–Kier alpha value is -2.99. The largest absolute Gasteiger partial charge is 0.463 e. The maximum Gasteiger partial charge on any atom is 0.336 e. The fraction of sp³-hybridized carbons (Fsp3) is 0.682. The maximum atomic E-state index is 12.7. The first-order chi connectivity index (χ1) is 16.1. The van der Waals surface area contributed by atoms with Crippen molar-refractivity contribution in [1.82, 2.24) is 13.7 Å². The molecule has 1 aromatic heterocycles. The van der Waals surface area contributed by atoms with Crippen molar-refractivity contribution in [2.75, 3.05) is 13.2 Å². The summed E-state index contributed by atoms with van der Waals surface area (Å²) in [6.45, 7) is 3.94. The van der Waals surface area contributed by atoms with Gasteiger partial charge in [-0.25, -0.2) is 28.1 Å². The third kappa shape index (κ3) is 6.54. The summed E-state index contributed by atoms with van der Waals surface area (Å²) in [5.74, 6) is -2.72. The number of carbonyl (C=O) groups is 2. The van der Waals surface area contributed by atoms with Crippen LogP contribution >= 0.6 is 0 Å². The van der Waals surface area contributed by atoms with E-state index in [1.807, 2.05) is 0 Å². The Morgan fingerprint density at radius 3 is 1.97 bits per heavy atom. The van der Waals surface area contributed by atoms with E-state index >= 15 is 0 Å². The van der Waals surface area contributed by atoms with Crippen molar-refractivity contribution >= 4 is 11.9 Å². The monoisotopic (exact) mass is 483 g/mol. The summed E-state index contributed by atoms with van der Waals surface area (Å²) in [4.78, 5) is 62.0. The number of esters is 2. The van der Waals surface area contributed by atoms with Crippen LogP contribution in [0.3, 0.4) is 0 Å². The van der Waals surface area contributed by atoms with E-state index in [4.69, 9.17) is 9.47 Å². The van der Waals surface area contributed by atoms with Crippen LogP contribution in [-0.4, -0.2) is 61.3 Å². The second-order valence-corrected chi connectivity index (χ2v) is 8.39. The molecule has 2 rings (SSSR count). The summed E-state index contributed by atoms with van der Waals surface area (Å²) in [6.07, 6.45) is 1.90. The lowest BCUT2D eigenvalue weighted by Crippen LogP contribution is -2.54. The Morgan fingerprint density at radius 2 is 1.47 bits per heavy atom. The Kier molecular flexibility index (Phi) is 9.99. The van der Waals surface area contributed by atoms with Gasteiger partial charge in [-0.2, -0.15) is 0 Å². The van der Waals surface area contributed by atoms with E-state index < -0.39 is 66.2 Å². The molecule has 0 saturated heterocycles. The van der Waals surface area contributed by atoms with Crippen molar-refractivity contribution < 1.29 is 29.3 Å². The number of hydrogen-bond acceptors (Lipinski definition) is 9. The van der Waals surface area contributed by atoms with Gasteiger partial charge < -0.3 is 19.7 Å². The Balaban J connectivity index is 2.05. The molecule has 1 aliphatic carbocycles. The van der Waals surface area contributed by atoms with E-state index in [0.717, 1.165) is 22.0 Å². The summed E-state index contributed by atoms with van der Waals surface area (Å²) in [5, 5.41) is 19.9. The number of aromatic nitrogens is 3. The lowest BCUT2D eigenvalue weighted by molar-refractivity contribution is -0.166. The fourth-order valence-electron chi connectivity index (χ4n) is 3.84. The van der Waals surface area contributed by atoms with Crippen LogP contribution in [0.15, 0.2) is 27.0 Å². The number of aliphatic hydroxyl groups excluding tert-OH is 2. The number of ether oxygens (including phenoxy) is 2. The van der Waals surface area contributed by atoms with Crippen molar-refractivity contribution in [2.24, 2.45) is 18.9 Å². The second-order valence-electron chi connectivity index (χ2n) is 8.39. The first-order valence-corrected chi connectivity index (χ1v) is 11.3. The van der Waals surface area contributed by atoms with Crippen LogP contribution in [0.1, 0.15) is 39.0 Å². The van der Waals surface area contributed by atoms with Crippen LogP contribution in [-0.2, 0) is 39.2 Å². The summed E-state index contributed by atoms with van der Waals surface area (Å²) >= 11 is 0. The van der Waals surface area contributed by atoms with Crippen molar-refractivity contribution in [2.45, 2.75) is 64.3 Å². The molecule has 0 radical (unpaired) electrons. The van der Waals surface area contributed by atoms with Gasteiger partial charge in [-0.1, -0.05) is 25.8 Å². The predicted molar refractivity (Wildman–Crippen MR) is 120 cm³/mol. The SMILES string of the molecule is C=CCn1c(=O)n(C)c(=O)n(CC(O)COC(=O)C2CCCCC2C(=O)OCC(O)CC)c1=O. The molecule has 190 valence electrons. The lowest BCUT2D eigenvalue weighted by Gasteiger charge is -2.28. The molecule has 1 aromatic rings. The molecule has 1 aliphatic rings. The standard InChI is InChI=1S/C22H33N3O9/c1-4-10-24-20(30)23(3)21(31)25(22(24)32)11-15(27)13-34-19(29)17-9-7-6-8-16(17)18(28)33-12-14(26)5-2/h4,14-17,26-27H,1,5-13H2,2-3H3. The molecule has 4 atom stereocenters. The van der Waals surface area contributed by atoms with Crippen LogP contribution in [0, 0.1) is 11.8 Å². The van der Waals surface area contributed by atoms with E-state index in [2.05, 4.69) is 6.58 Å². The number of nitrogens with zero attached hydrogens (tertiary/aromatic N) is 3. The van der Waals surface area contributed by atoms with Gasteiger partial charge in [0.25, 0.3) is 0 Å². The number of carbonyl (C=O) groups excluding carboxylic acids is 2. The maximum absolute atomic E-state index is 12.7. The molecule has 1 heterocycles. The van der Waals surface area contributed by atoms with Gasteiger partial charge in [0.2, 0.25) is 0 Å². The van der Waals surface area contributed by atoms with Crippen LogP contribution in [0.25, 0.3) is 0 Å². The van der Waals surface area contributed by atoms with Gasteiger partial charge >= 0.3 is 29.0 Å². The number of hydrogen-bond donors (Lipinski definition) is 2. The summed E-state index contributed by atoms with van der Waals surface area (Å²) in [7, 11) is 1.20. The van der Waals surface area contributed by atoms with Crippen LogP contribution in [0.4, 0.5) is 0 Å². The highest BCUT2D eigenvalue weighted by Gasteiger charge is 2.38. The van der Waals surface area contributed by atoms with Crippen molar-refractivity contribution in [3.63, 3.8) is 0 Å².